The van der Waals surface area contributed by atoms with E-state index in [1.807, 2.05) is 0 Å². The average Bonchev–Trinajstić information content (AvgIpc) is 3.18. The van der Waals surface area contributed by atoms with Crippen molar-refractivity contribution in [3.8, 4) is 0 Å². The molecule has 24 heavy (non-hydrogen) atoms. The zero-order chi connectivity index (χ0) is 16.9. The average molecular weight is 329 g/mol. The second-order valence-electron chi connectivity index (χ2n) is 7.25. The van der Waals surface area contributed by atoms with Crippen molar-refractivity contribution < 1.29 is 14.3 Å². The van der Waals surface area contributed by atoms with Gasteiger partial charge in [0.25, 0.3) is 0 Å². The standard InChI is InChI=1S/C20H27NO3/c1-2-3-10-24-20(23)15-6-8-18(9-7-15)21-19(22)13-17-12-14-4-5-16(17)11-14/h6-9,14,16-17H,2-5,10-13H2,1H3,(H,21,22)/t14-,16-,17-/m1/s1. The van der Waals surface area contributed by atoms with Crippen molar-refractivity contribution in [2.75, 3.05) is 11.9 Å². The number of amides is 1. The SMILES string of the molecule is CCCCOC(=O)c1ccc(NC(=O)C[C@H]2C[C@@H]3CC[C@@H]2C3)cc1. The van der Waals surface area contributed by atoms with E-state index in [0.29, 0.717) is 24.5 Å². The predicted molar refractivity (Wildman–Crippen MR) is 93.8 cm³/mol. The van der Waals surface area contributed by atoms with Gasteiger partial charge >= 0.3 is 5.97 Å². The first-order valence-corrected chi connectivity index (χ1v) is 9.22. The number of benzene rings is 1. The summed E-state index contributed by atoms with van der Waals surface area (Å²) in [5.41, 5.74) is 1.27. The van der Waals surface area contributed by atoms with Crippen LogP contribution in [0.5, 0.6) is 0 Å². The monoisotopic (exact) mass is 329 g/mol. The molecule has 1 N–H and O–H groups in total. The highest BCUT2D eigenvalue weighted by molar-refractivity contribution is 5.93. The van der Waals surface area contributed by atoms with Gasteiger partial charge in [0, 0.05) is 12.1 Å². The molecular weight excluding hydrogens is 302 g/mol. The smallest absolute Gasteiger partial charge is 0.338 e. The Morgan fingerprint density at radius 3 is 2.58 bits per heavy atom. The summed E-state index contributed by atoms with van der Waals surface area (Å²) in [6.07, 6.45) is 7.72. The summed E-state index contributed by atoms with van der Waals surface area (Å²) in [5, 5.41) is 2.96. The minimum Gasteiger partial charge on any atom is -0.462 e. The van der Waals surface area contributed by atoms with Crippen molar-refractivity contribution >= 4 is 17.6 Å². The lowest BCUT2D eigenvalue weighted by atomic mass is 9.86. The van der Waals surface area contributed by atoms with E-state index in [1.165, 1.54) is 25.7 Å². The van der Waals surface area contributed by atoms with Crippen LogP contribution in [-0.2, 0) is 9.53 Å². The number of anilines is 1. The molecule has 0 saturated heterocycles. The third-order valence-corrected chi connectivity index (χ3v) is 5.47. The summed E-state index contributed by atoms with van der Waals surface area (Å²) >= 11 is 0. The van der Waals surface area contributed by atoms with E-state index >= 15 is 0 Å². The first kappa shape index (κ1) is 17.0. The predicted octanol–water partition coefficient (Wildman–Crippen LogP) is 4.41. The van der Waals surface area contributed by atoms with Crippen LogP contribution >= 0.6 is 0 Å². The third-order valence-electron chi connectivity index (χ3n) is 5.47. The number of fused-ring (bicyclic) bond motifs is 2. The van der Waals surface area contributed by atoms with E-state index in [2.05, 4.69) is 12.2 Å². The number of carbonyl (C=O) groups is 2. The van der Waals surface area contributed by atoms with Gasteiger partial charge in [-0.3, -0.25) is 4.79 Å². The molecule has 2 fully saturated rings. The lowest BCUT2D eigenvalue weighted by Gasteiger charge is -2.20. The summed E-state index contributed by atoms with van der Waals surface area (Å²) in [6.45, 7) is 2.51. The number of rotatable bonds is 7. The number of esters is 1. The molecule has 2 bridgehead atoms. The van der Waals surface area contributed by atoms with Crippen LogP contribution in [0.3, 0.4) is 0 Å². The Bertz CT molecular complexity index is 581. The van der Waals surface area contributed by atoms with Gasteiger partial charge in [0.15, 0.2) is 0 Å². The number of unbranched alkanes of at least 4 members (excludes halogenated alkanes) is 1. The molecule has 2 saturated carbocycles. The Kier molecular flexibility index (Phi) is 5.54. The molecule has 1 aromatic rings. The lowest BCUT2D eigenvalue weighted by molar-refractivity contribution is -0.117. The van der Waals surface area contributed by atoms with Crippen molar-refractivity contribution in [1.82, 2.24) is 0 Å². The topological polar surface area (TPSA) is 55.4 Å². The molecule has 4 heteroatoms. The third kappa shape index (κ3) is 4.16. The fourth-order valence-electron chi connectivity index (χ4n) is 4.16. The van der Waals surface area contributed by atoms with Gasteiger partial charge in [0.2, 0.25) is 5.91 Å². The van der Waals surface area contributed by atoms with Crippen LogP contribution < -0.4 is 5.32 Å². The Morgan fingerprint density at radius 2 is 1.96 bits per heavy atom. The van der Waals surface area contributed by atoms with Gasteiger partial charge in [0.05, 0.1) is 12.2 Å². The Morgan fingerprint density at radius 1 is 1.17 bits per heavy atom. The molecule has 0 aliphatic heterocycles. The molecule has 0 aromatic heterocycles. The maximum absolute atomic E-state index is 12.2. The summed E-state index contributed by atoms with van der Waals surface area (Å²) in [6, 6.07) is 6.97. The highest BCUT2D eigenvalue weighted by atomic mass is 16.5. The molecule has 0 spiro atoms. The van der Waals surface area contributed by atoms with Crippen molar-refractivity contribution in [3.05, 3.63) is 29.8 Å². The van der Waals surface area contributed by atoms with Gasteiger partial charge in [-0.1, -0.05) is 19.8 Å². The fourth-order valence-corrected chi connectivity index (χ4v) is 4.16. The van der Waals surface area contributed by atoms with Crippen LogP contribution in [0.4, 0.5) is 5.69 Å². The summed E-state index contributed by atoms with van der Waals surface area (Å²) in [5.74, 6) is 1.98. The molecule has 0 heterocycles. The molecule has 2 aliphatic carbocycles. The number of hydrogen-bond acceptors (Lipinski definition) is 3. The zero-order valence-corrected chi connectivity index (χ0v) is 14.4. The normalized spacial score (nSPS) is 24.8. The van der Waals surface area contributed by atoms with Crippen LogP contribution in [0.2, 0.25) is 0 Å². The van der Waals surface area contributed by atoms with Crippen molar-refractivity contribution in [1.29, 1.82) is 0 Å². The molecule has 0 radical (unpaired) electrons. The van der Waals surface area contributed by atoms with Crippen LogP contribution in [0.25, 0.3) is 0 Å². The molecule has 1 aromatic carbocycles. The molecule has 130 valence electrons. The first-order valence-electron chi connectivity index (χ1n) is 9.22. The summed E-state index contributed by atoms with van der Waals surface area (Å²) in [7, 11) is 0. The molecule has 4 nitrogen and oxygen atoms in total. The Hall–Kier alpha value is -1.84. The molecule has 0 unspecified atom stereocenters. The fraction of sp³-hybridized carbons (Fsp3) is 0.600. The quantitative estimate of drug-likeness (QED) is 0.595. The van der Waals surface area contributed by atoms with Crippen LogP contribution in [0.1, 0.15) is 62.2 Å². The van der Waals surface area contributed by atoms with E-state index in [0.717, 1.165) is 30.4 Å². The highest BCUT2D eigenvalue weighted by Gasteiger charge is 2.40. The highest BCUT2D eigenvalue weighted by Crippen LogP contribution is 2.49. The largest absolute Gasteiger partial charge is 0.462 e. The Balaban J connectivity index is 1.47. The lowest BCUT2D eigenvalue weighted by Crippen LogP contribution is -2.20. The maximum Gasteiger partial charge on any atom is 0.338 e. The van der Waals surface area contributed by atoms with Gasteiger partial charge in [0.1, 0.15) is 0 Å². The molecule has 3 rings (SSSR count). The van der Waals surface area contributed by atoms with Gasteiger partial charge in [-0.05, 0) is 67.7 Å². The molecular formula is C20H27NO3. The van der Waals surface area contributed by atoms with Crippen LogP contribution in [-0.4, -0.2) is 18.5 Å². The van der Waals surface area contributed by atoms with Gasteiger partial charge in [-0.2, -0.15) is 0 Å². The van der Waals surface area contributed by atoms with E-state index in [1.54, 1.807) is 24.3 Å². The summed E-state index contributed by atoms with van der Waals surface area (Å²) in [4.78, 5) is 24.1. The van der Waals surface area contributed by atoms with E-state index in [9.17, 15) is 9.59 Å². The van der Waals surface area contributed by atoms with Crippen molar-refractivity contribution in [2.24, 2.45) is 17.8 Å². The van der Waals surface area contributed by atoms with Crippen molar-refractivity contribution in [3.63, 3.8) is 0 Å². The second kappa shape index (κ2) is 7.82. The number of ether oxygens (including phenoxy) is 1. The number of nitrogens with one attached hydrogen (secondary N) is 1. The van der Waals surface area contributed by atoms with E-state index in [-0.39, 0.29) is 11.9 Å². The van der Waals surface area contributed by atoms with Gasteiger partial charge < -0.3 is 10.1 Å². The molecule has 3 atom stereocenters. The maximum atomic E-state index is 12.2. The number of hydrogen-bond donors (Lipinski definition) is 1. The minimum atomic E-state index is -0.302. The summed E-state index contributed by atoms with van der Waals surface area (Å²) < 4.78 is 5.18. The van der Waals surface area contributed by atoms with Crippen molar-refractivity contribution in [2.45, 2.75) is 51.9 Å². The zero-order valence-electron chi connectivity index (χ0n) is 14.4. The second-order valence-corrected chi connectivity index (χ2v) is 7.25. The van der Waals surface area contributed by atoms with Crippen LogP contribution in [0, 0.1) is 17.8 Å². The minimum absolute atomic E-state index is 0.0887. The van der Waals surface area contributed by atoms with E-state index in [4.69, 9.17) is 4.74 Å². The van der Waals surface area contributed by atoms with Gasteiger partial charge in [-0.15, -0.1) is 0 Å². The first-order chi connectivity index (χ1) is 11.7. The molecule has 2 aliphatic rings. The van der Waals surface area contributed by atoms with Crippen LogP contribution in [0.15, 0.2) is 24.3 Å². The van der Waals surface area contributed by atoms with Gasteiger partial charge in [-0.25, -0.2) is 4.79 Å². The number of carbonyl (C=O) groups excluding carboxylic acids is 2. The Labute approximate surface area is 144 Å². The van der Waals surface area contributed by atoms with E-state index < -0.39 is 0 Å². The molecule has 1 amide bonds.